The van der Waals surface area contributed by atoms with E-state index in [1.807, 2.05) is 24.3 Å². The molecule has 25 heavy (non-hydrogen) atoms. The molecule has 8 heteroatoms. The molecule has 0 saturated carbocycles. The van der Waals surface area contributed by atoms with E-state index < -0.39 is 10.8 Å². The van der Waals surface area contributed by atoms with E-state index in [0.29, 0.717) is 6.54 Å². The van der Waals surface area contributed by atoms with Crippen molar-refractivity contribution >= 4 is 27.5 Å². The van der Waals surface area contributed by atoms with Gasteiger partial charge in [0.15, 0.2) is 11.5 Å². The predicted octanol–water partition coefficient (Wildman–Crippen LogP) is 3.65. The second-order valence-electron chi connectivity index (χ2n) is 5.27. The van der Waals surface area contributed by atoms with Crippen LogP contribution in [0, 0.1) is 10.1 Å². The molecule has 0 atom stereocenters. The molecule has 2 aromatic rings. The lowest BCUT2D eigenvalue weighted by molar-refractivity contribution is -0.385. The molecule has 0 fully saturated rings. The molecule has 0 radical (unpaired) electrons. The third-order valence-electron chi connectivity index (χ3n) is 3.61. The van der Waals surface area contributed by atoms with E-state index in [-0.39, 0.29) is 22.7 Å². The van der Waals surface area contributed by atoms with Crippen LogP contribution in [-0.2, 0) is 6.54 Å². The second-order valence-corrected chi connectivity index (χ2v) is 6.18. The van der Waals surface area contributed by atoms with Crippen molar-refractivity contribution in [3.8, 4) is 11.5 Å². The normalized spacial score (nSPS) is 10.2. The number of rotatable bonds is 6. The third kappa shape index (κ3) is 4.27. The molecule has 2 rings (SSSR count). The van der Waals surface area contributed by atoms with Gasteiger partial charge in [0, 0.05) is 24.1 Å². The van der Waals surface area contributed by atoms with Crippen LogP contribution in [0.1, 0.15) is 15.9 Å². The molecule has 0 N–H and O–H groups in total. The van der Waals surface area contributed by atoms with Gasteiger partial charge >= 0.3 is 0 Å². The monoisotopic (exact) mass is 408 g/mol. The van der Waals surface area contributed by atoms with Crippen LogP contribution in [0.5, 0.6) is 11.5 Å². The summed E-state index contributed by atoms with van der Waals surface area (Å²) < 4.78 is 11.2. The number of nitrogens with zero attached hydrogens (tertiary/aromatic N) is 2. The first kappa shape index (κ1) is 18.7. The summed E-state index contributed by atoms with van der Waals surface area (Å²) in [7, 11) is 4.37. The molecule has 0 spiro atoms. The molecule has 0 unspecified atom stereocenters. The Bertz CT molecular complexity index is 792. The first-order chi connectivity index (χ1) is 11.9. The molecule has 0 bridgehead atoms. The maximum Gasteiger partial charge on any atom is 0.286 e. The van der Waals surface area contributed by atoms with Crippen molar-refractivity contribution in [2.24, 2.45) is 0 Å². The summed E-state index contributed by atoms with van der Waals surface area (Å²) in [6, 6.07) is 10.0. The van der Waals surface area contributed by atoms with Crippen LogP contribution in [-0.4, -0.2) is 37.0 Å². The van der Waals surface area contributed by atoms with E-state index in [2.05, 4.69) is 15.9 Å². The molecular formula is C17H17BrN2O5. The Morgan fingerprint density at radius 1 is 1.16 bits per heavy atom. The number of carbonyl (C=O) groups is 1. The van der Waals surface area contributed by atoms with Gasteiger partial charge in [0.1, 0.15) is 5.56 Å². The number of methoxy groups -OCH3 is 2. The lowest BCUT2D eigenvalue weighted by atomic mass is 10.1. The first-order valence-electron chi connectivity index (χ1n) is 7.27. The molecule has 0 heterocycles. The van der Waals surface area contributed by atoms with Crippen LogP contribution in [0.25, 0.3) is 0 Å². The maximum atomic E-state index is 12.7. The fraction of sp³-hybridized carbons (Fsp3) is 0.235. The van der Waals surface area contributed by atoms with Crippen molar-refractivity contribution < 1.29 is 19.2 Å². The third-order valence-corrected chi connectivity index (χ3v) is 4.14. The minimum Gasteiger partial charge on any atom is -0.493 e. The molecule has 0 aliphatic rings. The Morgan fingerprint density at radius 2 is 1.72 bits per heavy atom. The van der Waals surface area contributed by atoms with Gasteiger partial charge in [-0.3, -0.25) is 14.9 Å². The van der Waals surface area contributed by atoms with Crippen LogP contribution in [0.2, 0.25) is 0 Å². The van der Waals surface area contributed by atoms with Gasteiger partial charge in [-0.15, -0.1) is 0 Å². The highest BCUT2D eigenvalue weighted by Crippen LogP contribution is 2.35. The highest BCUT2D eigenvalue weighted by molar-refractivity contribution is 9.10. The predicted molar refractivity (Wildman–Crippen MR) is 96.1 cm³/mol. The topological polar surface area (TPSA) is 81.9 Å². The lowest BCUT2D eigenvalue weighted by Crippen LogP contribution is -2.27. The van der Waals surface area contributed by atoms with Crippen LogP contribution in [0.4, 0.5) is 5.69 Å². The largest absolute Gasteiger partial charge is 0.493 e. The molecule has 132 valence electrons. The number of halogens is 1. The molecule has 0 aromatic heterocycles. The summed E-state index contributed by atoms with van der Waals surface area (Å²) in [6.07, 6.45) is 0. The highest BCUT2D eigenvalue weighted by Gasteiger charge is 2.26. The summed E-state index contributed by atoms with van der Waals surface area (Å²) in [4.78, 5) is 24.9. The van der Waals surface area contributed by atoms with Crippen molar-refractivity contribution in [1.82, 2.24) is 4.90 Å². The van der Waals surface area contributed by atoms with E-state index in [1.165, 1.54) is 31.3 Å². The van der Waals surface area contributed by atoms with Gasteiger partial charge < -0.3 is 14.4 Å². The van der Waals surface area contributed by atoms with E-state index in [9.17, 15) is 14.9 Å². The molecular weight excluding hydrogens is 392 g/mol. The zero-order valence-corrected chi connectivity index (χ0v) is 15.6. The van der Waals surface area contributed by atoms with Crippen LogP contribution < -0.4 is 9.47 Å². The Hall–Kier alpha value is -2.61. The lowest BCUT2D eigenvalue weighted by Gasteiger charge is -2.18. The van der Waals surface area contributed by atoms with Gasteiger partial charge in [-0.1, -0.05) is 28.1 Å². The number of nitro benzene ring substituents is 1. The quantitative estimate of drug-likeness (QED) is 0.538. The fourth-order valence-corrected chi connectivity index (χ4v) is 2.60. The summed E-state index contributed by atoms with van der Waals surface area (Å²) >= 11 is 3.35. The number of carbonyl (C=O) groups excluding carboxylic acids is 1. The Morgan fingerprint density at radius 3 is 2.24 bits per heavy atom. The summed E-state index contributed by atoms with van der Waals surface area (Å²) in [5, 5.41) is 11.3. The number of hydrogen-bond acceptors (Lipinski definition) is 5. The van der Waals surface area contributed by atoms with Crippen molar-refractivity contribution in [1.29, 1.82) is 0 Å². The molecule has 1 amide bonds. The van der Waals surface area contributed by atoms with E-state index >= 15 is 0 Å². The standard InChI is InChI=1S/C17H17BrN2O5/c1-19(10-11-4-6-12(18)7-5-11)17(21)13-8-15(24-2)16(25-3)9-14(13)20(22)23/h4-9H,10H2,1-3H3. The number of benzene rings is 2. The number of amides is 1. The van der Waals surface area contributed by atoms with Crippen molar-refractivity contribution in [2.75, 3.05) is 21.3 Å². The molecule has 2 aromatic carbocycles. The minimum atomic E-state index is -0.608. The molecule has 0 aliphatic carbocycles. The van der Waals surface area contributed by atoms with Crippen molar-refractivity contribution in [3.63, 3.8) is 0 Å². The Labute approximate surface area is 153 Å². The smallest absolute Gasteiger partial charge is 0.286 e. The number of ether oxygens (including phenoxy) is 2. The number of hydrogen-bond donors (Lipinski definition) is 0. The minimum absolute atomic E-state index is 0.0535. The average molecular weight is 409 g/mol. The van der Waals surface area contributed by atoms with Gasteiger partial charge in [0.2, 0.25) is 0 Å². The average Bonchev–Trinajstić information content (AvgIpc) is 2.61. The van der Waals surface area contributed by atoms with Gasteiger partial charge in [-0.25, -0.2) is 0 Å². The Balaban J connectivity index is 2.36. The molecule has 0 saturated heterocycles. The van der Waals surface area contributed by atoms with Gasteiger partial charge in [-0.05, 0) is 17.7 Å². The van der Waals surface area contributed by atoms with Gasteiger partial charge in [0.05, 0.1) is 25.2 Å². The zero-order chi connectivity index (χ0) is 18.6. The number of nitro groups is 1. The zero-order valence-electron chi connectivity index (χ0n) is 14.0. The summed E-state index contributed by atoms with van der Waals surface area (Å²) in [5.74, 6) is -0.0228. The van der Waals surface area contributed by atoms with Crippen molar-refractivity contribution in [2.45, 2.75) is 6.54 Å². The van der Waals surface area contributed by atoms with Crippen LogP contribution in [0.3, 0.4) is 0 Å². The maximum absolute atomic E-state index is 12.7. The van der Waals surface area contributed by atoms with Crippen molar-refractivity contribution in [3.05, 3.63) is 62.1 Å². The van der Waals surface area contributed by atoms with E-state index in [0.717, 1.165) is 10.0 Å². The van der Waals surface area contributed by atoms with Crippen LogP contribution in [0.15, 0.2) is 40.9 Å². The van der Waals surface area contributed by atoms with E-state index in [4.69, 9.17) is 9.47 Å². The van der Waals surface area contributed by atoms with Crippen LogP contribution >= 0.6 is 15.9 Å². The Kier molecular flexibility index (Phi) is 5.97. The molecule has 0 aliphatic heterocycles. The highest BCUT2D eigenvalue weighted by atomic mass is 79.9. The van der Waals surface area contributed by atoms with E-state index in [1.54, 1.807) is 7.05 Å². The molecule has 7 nitrogen and oxygen atoms in total. The second kappa shape index (κ2) is 7.98. The fourth-order valence-electron chi connectivity index (χ4n) is 2.33. The SMILES string of the molecule is COc1cc(C(=O)N(C)Cc2ccc(Br)cc2)c([N+](=O)[O-])cc1OC. The van der Waals surface area contributed by atoms with Gasteiger partial charge in [-0.2, -0.15) is 0 Å². The van der Waals surface area contributed by atoms with Gasteiger partial charge in [0.25, 0.3) is 11.6 Å². The summed E-state index contributed by atoms with van der Waals surface area (Å²) in [5.41, 5.74) is 0.523. The first-order valence-corrected chi connectivity index (χ1v) is 8.07. The summed E-state index contributed by atoms with van der Waals surface area (Å²) in [6.45, 7) is 0.317.